The summed E-state index contributed by atoms with van der Waals surface area (Å²) in [5.74, 6) is -9.87. The molecule has 30 nitrogen and oxygen atoms in total. The second-order valence-electron chi connectivity index (χ2n) is 23.8. The van der Waals surface area contributed by atoms with Crippen LogP contribution >= 0.6 is 0 Å². The van der Waals surface area contributed by atoms with Crippen molar-refractivity contribution in [1.29, 1.82) is 0 Å². The van der Waals surface area contributed by atoms with E-state index in [0.29, 0.717) is 61.1 Å². The molecular formula is C62H87F3N16O14. The number of H-pyrrole nitrogens is 2. The van der Waals surface area contributed by atoms with Crippen molar-refractivity contribution in [2.24, 2.45) is 22.6 Å². The number of nitrogens with one attached hydrogen (secondary N) is 12. The summed E-state index contributed by atoms with van der Waals surface area (Å²) in [6, 6.07) is 1.68. The van der Waals surface area contributed by atoms with Crippen LogP contribution in [0.3, 0.4) is 0 Å². The number of imidazole rings is 1. The Morgan fingerprint density at radius 3 is 1.80 bits per heavy atom. The van der Waals surface area contributed by atoms with E-state index < -0.39 is 120 Å². The maximum atomic E-state index is 14.7. The summed E-state index contributed by atoms with van der Waals surface area (Å²) in [6.45, 7) is 9.06. The molecule has 0 unspecified atom stereocenters. The van der Waals surface area contributed by atoms with Crippen LogP contribution in [0.4, 0.5) is 13.2 Å². The number of phenols is 1. The fraction of sp³-hybridized carbons (Fsp3) is 0.532. The van der Waals surface area contributed by atoms with Gasteiger partial charge in [-0.15, -0.1) is 0 Å². The predicted molar refractivity (Wildman–Crippen MR) is 339 cm³/mol. The number of aliphatic hydroxyl groups is 1. The molecule has 2 aromatic carbocycles. The van der Waals surface area contributed by atoms with Crippen LogP contribution in [-0.2, 0) is 72.0 Å². The van der Waals surface area contributed by atoms with Crippen LogP contribution in [0.15, 0.2) is 72.2 Å². The number of aliphatic imine (C=N–C) groups is 1. The van der Waals surface area contributed by atoms with Crippen LogP contribution in [0.2, 0.25) is 0 Å². The van der Waals surface area contributed by atoms with Gasteiger partial charge in [-0.05, 0) is 93.0 Å². The Bertz CT molecular complexity index is 3310. The fourth-order valence-corrected chi connectivity index (χ4v) is 10.6. The van der Waals surface area contributed by atoms with Gasteiger partial charge in [0.15, 0.2) is 5.96 Å². The van der Waals surface area contributed by atoms with Gasteiger partial charge in [-0.2, -0.15) is 13.2 Å². The number of carboxylic acids is 1. The molecule has 17 N–H and O–H groups in total. The largest absolute Gasteiger partial charge is 0.508 e. The summed E-state index contributed by atoms with van der Waals surface area (Å²) < 4.78 is 31.7. The number of hydrogen-bond donors (Lipinski definition) is 16. The molecule has 2 aliphatic heterocycles. The number of hydrogen-bond acceptors (Lipinski definition) is 15. The number of carbonyl (C=O) groups is 11. The lowest BCUT2D eigenvalue weighted by atomic mass is 9.98. The number of benzene rings is 2. The first-order valence-corrected chi connectivity index (χ1v) is 31.2. The number of aromatic hydroxyl groups is 1. The average molecular weight is 1340 g/mol. The number of phenolic OH excluding ortho intramolecular Hbond substituents is 1. The SMILES string of the molecule is CCNC(=O)[C@H]1CCCN1C(=O)[C@H](CCCNC(N)=NC)NC(=O)[C@H](CC(C)C)NC(=O)[C@@H](CC(C)C)NC(=O)[C@H](Cc1ccc(O)cc1)NC(=O)[C@H](CO)NC(=O)[C@H](Cc1c[nH]c2ccccc12)NC(=O)[C@H](Cc1cnc[nH]1)NC(=O)[C@@H]1CCC(=O)N1.O=C(O)C(F)(F)F. The van der Waals surface area contributed by atoms with Gasteiger partial charge in [0.25, 0.3) is 0 Å². The van der Waals surface area contributed by atoms with Gasteiger partial charge in [0.2, 0.25) is 59.1 Å². The number of alkyl halides is 3. The number of aliphatic carboxylic acids is 1. The topological polar surface area (TPSA) is 455 Å². The van der Waals surface area contributed by atoms with E-state index in [1.54, 1.807) is 25.3 Å². The fourth-order valence-electron chi connectivity index (χ4n) is 10.6. The molecule has 520 valence electrons. The number of nitrogens with two attached hydrogens (primary N) is 1. The Morgan fingerprint density at radius 1 is 0.716 bits per heavy atom. The van der Waals surface area contributed by atoms with Crippen LogP contribution in [0, 0.1) is 11.8 Å². The van der Waals surface area contributed by atoms with Crippen molar-refractivity contribution in [3.05, 3.63) is 84.1 Å². The lowest BCUT2D eigenvalue weighted by molar-refractivity contribution is -0.192. The van der Waals surface area contributed by atoms with Gasteiger partial charge in [-0.1, -0.05) is 58.0 Å². The van der Waals surface area contributed by atoms with E-state index in [0.717, 1.165) is 5.52 Å². The van der Waals surface area contributed by atoms with Crippen molar-refractivity contribution in [1.82, 2.24) is 73.0 Å². The second kappa shape index (κ2) is 36.6. The predicted octanol–water partition coefficient (Wildman–Crippen LogP) is -0.544. The molecule has 2 fully saturated rings. The highest BCUT2D eigenvalue weighted by Crippen LogP contribution is 2.23. The number of aromatic nitrogens is 3. The average Bonchev–Trinajstić information content (AvgIpc) is 1.78. The molecular weight excluding hydrogens is 1250 g/mol. The minimum absolute atomic E-state index is 0.0460. The third-order valence-electron chi connectivity index (χ3n) is 15.4. The van der Waals surface area contributed by atoms with Crippen molar-refractivity contribution in [2.75, 3.05) is 33.3 Å². The lowest BCUT2D eigenvalue weighted by Crippen LogP contribution is -2.61. The summed E-state index contributed by atoms with van der Waals surface area (Å²) >= 11 is 0. The van der Waals surface area contributed by atoms with E-state index in [-0.39, 0.29) is 86.7 Å². The van der Waals surface area contributed by atoms with Gasteiger partial charge in [-0.3, -0.25) is 52.9 Å². The van der Waals surface area contributed by atoms with E-state index in [2.05, 4.69) is 73.1 Å². The standard InChI is InChI=1S/C60H86N16O12.C2HF3O2/c1-7-64-58(87)49-15-11-23-76(49)59(88)42(14-10-22-65-60(61)62-6)69-52(81)43(24-33(2)3)70-53(82)44(25-34(4)5)71-54(83)45(26-35-16-18-38(78)19-17-35)72-57(86)48(31-77)75-55(84)46(27-36-29-66-40-13-9-8-12-39(36)40)73-56(85)47(28-37-30-63-32-67-37)74-51(80)41-20-21-50(79)68-41;3-2(4,5)1(6)7/h8-9,12-13,16-19,29-30,32-34,41-49,66,77-78H,7,10-11,14-15,20-28,31H2,1-6H3,(H,63,67)(H,64,87)(H,68,79)(H,69,81)(H,70,82)(H,71,83)(H,72,86)(H,73,85)(H,74,80)(H,75,84)(H3,61,62,65);(H,6,7)/t41-,42-,43-,44+,45-,46-,47-,48-,49+;/m0./s1. The number of aliphatic hydroxyl groups excluding tert-OH is 1. The Kier molecular flexibility index (Phi) is 29.2. The lowest BCUT2D eigenvalue weighted by Gasteiger charge is -2.31. The summed E-state index contributed by atoms with van der Waals surface area (Å²) in [5, 5.41) is 56.1. The maximum Gasteiger partial charge on any atom is 0.490 e. The maximum absolute atomic E-state index is 14.7. The number of likely N-dealkylation sites (tertiary alicyclic amines) is 1. The number of fused-ring (bicyclic) bond motifs is 1. The van der Waals surface area contributed by atoms with E-state index in [4.69, 9.17) is 15.6 Å². The molecule has 2 aromatic heterocycles. The number of aromatic amines is 2. The molecule has 2 aliphatic rings. The van der Waals surface area contributed by atoms with Crippen LogP contribution in [0.25, 0.3) is 10.9 Å². The highest BCUT2D eigenvalue weighted by atomic mass is 19.4. The van der Waals surface area contributed by atoms with Gasteiger partial charge >= 0.3 is 12.1 Å². The third-order valence-corrected chi connectivity index (χ3v) is 15.4. The quantitative estimate of drug-likeness (QED) is 0.0166. The van der Waals surface area contributed by atoms with E-state index in [1.165, 1.54) is 48.7 Å². The number of likely N-dealkylation sites (N-methyl/N-ethyl adjacent to an activating group) is 1. The minimum atomic E-state index is -5.08. The van der Waals surface area contributed by atoms with Gasteiger partial charge in [0.05, 0.1) is 12.9 Å². The van der Waals surface area contributed by atoms with Crippen molar-refractivity contribution in [2.45, 2.75) is 166 Å². The van der Waals surface area contributed by atoms with Crippen molar-refractivity contribution >= 4 is 81.9 Å². The molecule has 9 atom stereocenters. The molecule has 33 heteroatoms. The zero-order valence-electron chi connectivity index (χ0n) is 53.7. The summed E-state index contributed by atoms with van der Waals surface area (Å²) in [6.07, 6.45) is 0.908. The highest BCUT2D eigenvalue weighted by Gasteiger charge is 2.41. The molecule has 4 aromatic rings. The molecule has 4 heterocycles. The molecule has 0 radical (unpaired) electrons. The number of carboxylic acid groups (broad SMARTS) is 1. The number of carbonyl (C=O) groups excluding carboxylic acids is 10. The van der Waals surface area contributed by atoms with Gasteiger partial charge in [0.1, 0.15) is 60.1 Å². The van der Waals surface area contributed by atoms with Gasteiger partial charge in [0, 0.05) is 81.4 Å². The highest BCUT2D eigenvalue weighted by molar-refractivity contribution is 5.99. The Hall–Kier alpha value is -9.82. The number of amides is 10. The molecule has 10 amide bonds. The first-order chi connectivity index (χ1) is 45.0. The number of guanidine groups is 1. The van der Waals surface area contributed by atoms with Gasteiger partial charge in [-0.25, -0.2) is 9.78 Å². The summed E-state index contributed by atoms with van der Waals surface area (Å²) in [7, 11) is 1.52. The van der Waals surface area contributed by atoms with Crippen LogP contribution in [-0.4, -0.2) is 200 Å². The Balaban J connectivity index is 0.00000220. The molecule has 0 aliphatic carbocycles. The monoisotopic (exact) mass is 1340 g/mol. The van der Waals surface area contributed by atoms with Crippen molar-refractivity contribution in [3.63, 3.8) is 0 Å². The Morgan fingerprint density at radius 2 is 1.26 bits per heavy atom. The number of halogens is 3. The summed E-state index contributed by atoms with van der Waals surface area (Å²) in [4.78, 5) is 164. The molecule has 2 saturated heterocycles. The Labute approximate surface area is 545 Å². The van der Waals surface area contributed by atoms with E-state index >= 15 is 0 Å². The smallest absolute Gasteiger partial charge is 0.490 e. The molecule has 0 saturated carbocycles. The molecule has 95 heavy (non-hydrogen) atoms. The van der Waals surface area contributed by atoms with Crippen LogP contribution < -0.4 is 58.9 Å². The van der Waals surface area contributed by atoms with Crippen LogP contribution in [0.1, 0.15) is 103 Å². The zero-order chi connectivity index (χ0) is 70.1. The third kappa shape index (κ3) is 23.9. The molecule has 0 spiro atoms. The van der Waals surface area contributed by atoms with E-state index in [9.17, 15) is 71.3 Å². The number of nitrogens with zero attached hydrogens (tertiary/aromatic N) is 3. The van der Waals surface area contributed by atoms with Gasteiger partial charge < -0.3 is 89.1 Å². The minimum Gasteiger partial charge on any atom is -0.508 e. The molecule has 0 bridgehead atoms. The normalized spacial score (nSPS) is 16.9. The first-order valence-electron chi connectivity index (χ1n) is 31.2. The van der Waals surface area contributed by atoms with E-state index in [1.807, 2.05) is 39.8 Å². The van der Waals surface area contributed by atoms with Crippen LogP contribution in [0.5, 0.6) is 5.75 Å². The second-order valence-corrected chi connectivity index (χ2v) is 23.8. The van der Waals surface area contributed by atoms with Crippen molar-refractivity contribution in [3.8, 4) is 5.75 Å². The van der Waals surface area contributed by atoms with Crippen molar-refractivity contribution < 1.29 is 81.2 Å². The number of para-hydroxylation sites is 1. The molecule has 6 rings (SSSR count). The zero-order valence-corrected chi connectivity index (χ0v) is 53.7. The number of rotatable bonds is 32. The summed E-state index contributed by atoms with van der Waals surface area (Å²) in [5.41, 5.74) is 8.05. The first kappa shape index (κ1) is 75.9.